The fourth-order valence-corrected chi connectivity index (χ4v) is 2.98. The van der Waals surface area contributed by atoms with Crippen LogP contribution in [0.5, 0.6) is 0 Å². The zero-order valence-electron chi connectivity index (χ0n) is 15.0. The van der Waals surface area contributed by atoms with Crippen molar-refractivity contribution in [3.05, 3.63) is 80.9 Å². The van der Waals surface area contributed by atoms with Crippen LogP contribution in [-0.4, -0.2) is 28.0 Å². The molecule has 30 heavy (non-hydrogen) atoms. The number of imidazole rings is 1. The lowest BCUT2D eigenvalue weighted by atomic mass is 10.2. The molecule has 3 aromatic rings. The molecule has 1 aromatic heterocycles. The molecule has 11 heteroatoms. The summed E-state index contributed by atoms with van der Waals surface area (Å²) >= 11 is 2.81. The number of alkyl halides is 3. The average molecular weight is 484 g/mol. The number of anilines is 1. The van der Waals surface area contributed by atoms with Gasteiger partial charge in [0.05, 0.1) is 16.8 Å². The fourth-order valence-electron chi connectivity index (χ4n) is 2.51. The summed E-state index contributed by atoms with van der Waals surface area (Å²) in [6.07, 6.45) is -1.61. The second kappa shape index (κ2) is 8.57. The second-order valence-electron chi connectivity index (χ2n) is 6.00. The predicted octanol–water partition coefficient (Wildman–Crippen LogP) is 3.74. The third kappa shape index (κ3) is 4.98. The van der Waals surface area contributed by atoms with E-state index in [2.05, 4.69) is 26.2 Å². The molecule has 0 saturated heterocycles. The lowest BCUT2D eigenvalue weighted by Gasteiger charge is -2.12. The normalized spacial score (nSPS) is 11.2. The molecule has 0 bridgehead atoms. The van der Waals surface area contributed by atoms with E-state index in [4.69, 9.17) is 4.74 Å². The van der Waals surface area contributed by atoms with Crippen LogP contribution >= 0.6 is 15.9 Å². The Hall–Kier alpha value is -3.34. The Morgan fingerprint density at radius 2 is 1.83 bits per heavy atom. The van der Waals surface area contributed by atoms with Gasteiger partial charge in [0.15, 0.2) is 6.61 Å². The van der Waals surface area contributed by atoms with Crippen molar-refractivity contribution in [3.8, 4) is 5.69 Å². The average Bonchev–Trinajstić information content (AvgIpc) is 3.13. The van der Waals surface area contributed by atoms with Crippen molar-refractivity contribution in [1.82, 2.24) is 9.55 Å². The molecular formula is C19H13BrF3N3O4. The number of nitrogens with zero attached hydrogens (tertiary/aromatic N) is 1. The van der Waals surface area contributed by atoms with Crippen LogP contribution in [0.15, 0.2) is 64.1 Å². The van der Waals surface area contributed by atoms with E-state index in [9.17, 15) is 27.6 Å². The van der Waals surface area contributed by atoms with Gasteiger partial charge in [0.2, 0.25) is 0 Å². The van der Waals surface area contributed by atoms with Crippen LogP contribution in [0, 0.1) is 0 Å². The van der Waals surface area contributed by atoms with E-state index in [1.807, 2.05) is 0 Å². The number of H-pyrrole nitrogens is 1. The number of halogens is 4. The molecule has 0 saturated carbocycles. The van der Waals surface area contributed by atoms with E-state index in [1.165, 1.54) is 47.3 Å². The molecule has 0 aliphatic carbocycles. The van der Waals surface area contributed by atoms with Crippen LogP contribution in [0.3, 0.4) is 0 Å². The summed E-state index contributed by atoms with van der Waals surface area (Å²) in [6.45, 7) is -0.685. The summed E-state index contributed by atoms with van der Waals surface area (Å²) in [5.41, 5.74) is -0.722. The molecule has 0 atom stereocenters. The molecule has 1 heterocycles. The molecule has 3 rings (SSSR count). The van der Waals surface area contributed by atoms with Gasteiger partial charge in [0, 0.05) is 22.6 Å². The smallest absolute Gasteiger partial charge is 0.417 e. The van der Waals surface area contributed by atoms with Gasteiger partial charge in [0.25, 0.3) is 5.91 Å². The highest BCUT2D eigenvalue weighted by Gasteiger charge is 2.33. The summed E-state index contributed by atoms with van der Waals surface area (Å²) < 4.78 is 44.8. The molecule has 2 aromatic carbocycles. The van der Waals surface area contributed by atoms with Crippen LogP contribution in [0.4, 0.5) is 18.9 Å². The number of carbonyl (C=O) groups is 2. The maximum Gasteiger partial charge on any atom is 0.417 e. The lowest BCUT2D eigenvalue weighted by Crippen LogP contribution is -2.21. The van der Waals surface area contributed by atoms with Crippen LogP contribution in [0.25, 0.3) is 5.69 Å². The molecule has 1 amide bonds. The number of hydrogen-bond acceptors (Lipinski definition) is 4. The van der Waals surface area contributed by atoms with Crippen LogP contribution in [-0.2, 0) is 15.7 Å². The van der Waals surface area contributed by atoms with Gasteiger partial charge in [0.1, 0.15) is 0 Å². The molecule has 0 aliphatic heterocycles. The Morgan fingerprint density at radius 3 is 2.43 bits per heavy atom. The molecule has 2 N–H and O–H groups in total. The van der Waals surface area contributed by atoms with Crippen molar-refractivity contribution in [1.29, 1.82) is 0 Å². The number of nitrogens with one attached hydrogen (secondary N) is 2. The maximum atomic E-state index is 12.9. The number of hydrogen-bond donors (Lipinski definition) is 2. The number of carbonyl (C=O) groups excluding carboxylic acids is 2. The van der Waals surface area contributed by atoms with Crippen molar-refractivity contribution >= 4 is 33.5 Å². The minimum atomic E-state index is -4.59. The molecular weight excluding hydrogens is 471 g/mol. The van der Waals surface area contributed by atoms with Crippen molar-refractivity contribution in [2.45, 2.75) is 6.18 Å². The van der Waals surface area contributed by atoms with E-state index in [0.717, 1.165) is 12.1 Å². The number of benzene rings is 2. The Morgan fingerprint density at radius 1 is 1.13 bits per heavy atom. The summed E-state index contributed by atoms with van der Waals surface area (Å²) in [6, 6.07) is 9.07. The number of amides is 1. The Balaban J connectivity index is 1.59. The molecule has 156 valence electrons. The SMILES string of the molecule is O=C(COC(=O)c1ccc(-n2cc[nH]c2=O)cc1)Nc1ccc(Br)c(C(F)(F)F)c1. The summed E-state index contributed by atoms with van der Waals surface area (Å²) in [5, 5.41) is 2.24. The maximum absolute atomic E-state index is 12.9. The zero-order chi connectivity index (χ0) is 21.9. The van der Waals surface area contributed by atoms with Gasteiger partial charge >= 0.3 is 17.8 Å². The van der Waals surface area contributed by atoms with Gasteiger partial charge in [-0.1, -0.05) is 15.9 Å². The van der Waals surface area contributed by atoms with Crippen LogP contribution in [0.2, 0.25) is 0 Å². The van der Waals surface area contributed by atoms with Crippen molar-refractivity contribution in [2.24, 2.45) is 0 Å². The lowest BCUT2D eigenvalue weighted by molar-refractivity contribution is -0.138. The molecule has 7 nitrogen and oxygen atoms in total. The Labute approximate surface area is 175 Å². The molecule has 0 aliphatic rings. The van der Waals surface area contributed by atoms with Crippen molar-refractivity contribution < 1.29 is 27.5 Å². The monoisotopic (exact) mass is 483 g/mol. The Bertz CT molecular complexity index is 1140. The summed E-state index contributed by atoms with van der Waals surface area (Å²) in [4.78, 5) is 38.0. The first-order valence-electron chi connectivity index (χ1n) is 8.35. The van der Waals surface area contributed by atoms with Crippen LogP contribution in [0.1, 0.15) is 15.9 Å². The highest BCUT2D eigenvalue weighted by Crippen LogP contribution is 2.36. The first-order valence-corrected chi connectivity index (χ1v) is 9.14. The quantitative estimate of drug-likeness (QED) is 0.540. The topological polar surface area (TPSA) is 93.2 Å². The van der Waals surface area contributed by atoms with Gasteiger partial charge in [-0.15, -0.1) is 0 Å². The standard InChI is InChI=1S/C19H13BrF3N3O4/c20-15-6-3-12(9-14(15)19(21,22)23)25-16(27)10-30-17(28)11-1-4-13(5-2-11)26-8-7-24-18(26)29/h1-9H,10H2,(H,24,29)(H,25,27). The number of esters is 1. The third-order valence-electron chi connectivity index (χ3n) is 3.92. The van der Waals surface area contributed by atoms with Gasteiger partial charge in [-0.05, 0) is 42.5 Å². The minimum absolute atomic E-state index is 0.0899. The second-order valence-corrected chi connectivity index (χ2v) is 6.85. The summed E-state index contributed by atoms with van der Waals surface area (Å²) in [7, 11) is 0. The van der Waals surface area contributed by atoms with E-state index in [-0.39, 0.29) is 21.4 Å². The highest BCUT2D eigenvalue weighted by molar-refractivity contribution is 9.10. The summed E-state index contributed by atoms with van der Waals surface area (Å²) in [5.74, 6) is -1.60. The van der Waals surface area contributed by atoms with Gasteiger partial charge in [-0.25, -0.2) is 9.59 Å². The number of aromatic amines is 1. The Kier molecular flexibility index (Phi) is 6.11. The first kappa shape index (κ1) is 21.4. The van der Waals surface area contributed by atoms with Gasteiger partial charge < -0.3 is 15.0 Å². The number of rotatable bonds is 5. The van der Waals surface area contributed by atoms with E-state index in [1.54, 1.807) is 0 Å². The van der Waals surface area contributed by atoms with Crippen molar-refractivity contribution in [3.63, 3.8) is 0 Å². The molecule has 0 fully saturated rings. The number of ether oxygens (including phenoxy) is 1. The fraction of sp³-hybridized carbons (Fsp3) is 0.105. The van der Waals surface area contributed by atoms with E-state index >= 15 is 0 Å². The molecule has 0 radical (unpaired) electrons. The van der Waals surface area contributed by atoms with E-state index in [0.29, 0.717) is 5.69 Å². The third-order valence-corrected chi connectivity index (χ3v) is 4.61. The predicted molar refractivity (Wildman–Crippen MR) is 104 cm³/mol. The first-order chi connectivity index (χ1) is 14.1. The zero-order valence-corrected chi connectivity index (χ0v) is 16.6. The van der Waals surface area contributed by atoms with E-state index < -0.39 is 30.2 Å². The minimum Gasteiger partial charge on any atom is -0.452 e. The highest BCUT2D eigenvalue weighted by atomic mass is 79.9. The molecule has 0 spiro atoms. The van der Waals surface area contributed by atoms with Crippen molar-refractivity contribution in [2.75, 3.05) is 11.9 Å². The van der Waals surface area contributed by atoms with Gasteiger partial charge in [-0.3, -0.25) is 9.36 Å². The number of aromatic nitrogens is 2. The molecule has 0 unspecified atom stereocenters. The van der Waals surface area contributed by atoms with Gasteiger partial charge in [-0.2, -0.15) is 13.2 Å². The largest absolute Gasteiger partial charge is 0.452 e. The van der Waals surface area contributed by atoms with Crippen LogP contribution < -0.4 is 11.0 Å².